The van der Waals surface area contributed by atoms with Crippen LogP contribution in [-0.4, -0.2) is 92.6 Å². The lowest BCUT2D eigenvalue weighted by Crippen LogP contribution is -2.58. The van der Waals surface area contributed by atoms with Gasteiger partial charge in [0, 0.05) is 18.0 Å². The zero-order valence-corrected chi connectivity index (χ0v) is 29.7. The van der Waals surface area contributed by atoms with E-state index >= 15 is 0 Å². The molecule has 52 heavy (non-hydrogen) atoms. The normalized spacial score (nSPS) is 27.4. The van der Waals surface area contributed by atoms with Crippen LogP contribution >= 0.6 is 0 Å². The van der Waals surface area contributed by atoms with Crippen molar-refractivity contribution in [1.82, 2.24) is 40.4 Å². The first-order valence-electron chi connectivity index (χ1n) is 17.6. The summed E-state index contributed by atoms with van der Waals surface area (Å²) >= 11 is 0. The molecule has 4 aliphatic rings. The molecule has 5 unspecified atom stereocenters. The molecule has 0 radical (unpaired) electrons. The third-order valence-corrected chi connectivity index (χ3v) is 12.0. The maximum absolute atomic E-state index is 14.7. The number of aromatic amines is 1. The molecule has 2 aromatic heterocycles. The number of benzene rings is 1. The van der Waals surface area contributed by atoms with Crippen molar-refractivity contribution in [3.63, 3.8) is 0 Å². The summed E-state index contributed by atoms with van der Waals surface area (Å²) in [4.78, 5) is 65.7. The third-order valence-electron chi connectivity index (χ3n) is 10.1. The molecule has 4 N–H and O–H groups in total. The Hall–Kier alpha value is -4.93. The van der Waals surface area contributed by atoms with Crippen LogP contribution in [0.3, 0.4) is 0 Å². The first kappa shape index (κ1) is 35.5. The molecule has 3 aromatic rings. The van der Waals surface area contributed by atoms with Crippen LogP contribution in [0.15, 0.2) is 36.4 Å². The zero-order chi connectivity index (χ0) is 36.8. The fourth-order valence-corrected chi connectivity index (χ4v) is 8.36. The number of para-hydroxylation sites is 1. The van der Waals surface area contributed by atoms with Crippen molar-refractivity contribution in [2.45, 2.75) is 101 Å². The van der Waals surface area contributed by atoms with Gasteiger partial charge in [-0.25, -0.2) is 22.8 Å². The van der Waals surface area contributed by atoms with Gasteiger partial charge < -0.3 is 20.3 Å². The van der Waals surface area contributed by atoms with Gasteiger partial charge in [0.15, 0.2) is 5.82 Å². The number of amides is 4. The minimum Gasteiger partial charge on any atom is -0.471 e. The Morgan fingerprint density at radius 2 is 1.90 bits per heavy atom. The number of nitrogens with one attached hydrogen (secondary N) is 4. The summed E-state index contributed by atoms with van der Waals surface area (Å²) in [5.74, 6) is -3.60. The SMILES string of the molecule is Cc1cc(C(=O)NC2CCCCC/C=C\C3CC3(C(=O)NS(=O)(=O)C3CC3)NC(=O)C3CC(Oc4nc5c(F)cccc5nc4C)CN3C2=O)n[nH]1. The second-order valence-electron chi connectivity index (χ2n) is 14.2. The standard InChI is InChI=1S/C35H41FN8O7S/c1-19-15-27(42-41-19)30(45)38-26-11-7-5-3-4-6-9-21-17-35(21,34(48)43-52(49,50)23-13-14-23)40-31(46)28-16-22(18-44(28)33(26)47)51-32-20(2)37-25-12-8-10-24(36)29(25)39-32/h6,8-10,12,15,21-23,26,28H,3-5,7,11,13-14,16-18H2,1-2H3,(H,38,45)(H,40,46)(H,41,42)(H,43,48)/b9-6-. The number of fused-ring (bicyclic) bond motifs is 3. The smallest absolute Gasteiger partial charge is 0.272 e. The minimum atomic E-state index is -3.91. The number of halogens is 1. The Morgan fingerprint density at radius 1 is 1.10 bits per heavy atom. The summed E-state index contributed by atoms with van der Waals surface area (Å²) in [5.41, 5.74) is -0.0523. The predicted molar refractivity (Wildman–Crippen MR) is 185 cm³/mol. The van der Waals surface area contributed by atoms with Crippen LogP contribution in [0.5, 0.6) is 5.88 Å². The fourth-order valence-electron chi connectivity index (χ4n) is 7.00. The number of carbonyl (C=O) groups excluding carboxylic acids is 4. The van der Waals surface area contributed by atoms with Gasteiger partial charge in [-0.2, -0.15) is 5.10 Å². The highest BCUT2D eigenvalue weighted by atomic mass is 32.2. The average Bonchev–Trinajstić information content (AvgIpc) is 3.99. The van der Waals surface area contributed by atoms with E-state index in [1.54, 1.807) is 26.0 Å². The van der Waals surface area contributed by atoms with E-state index in [9.17, 15) is 32.0 Å². The number of H-pyrrole nitrogens is 1. The highest BCUT2D eigenvalue weighted by Crippen LogP contribution is 2.46. The number of carbonyl (C=O) groups is 4. The average molecular weight is 737 g/mol. The van der Waals surface area contributed by atoms with Crippen LogP contribution in [0.2, 0.25) is 0 Å². The second-order valence-corrected chi connectivity index (χ2v) is 16.1. The first-order valence-corrected chi connectivity index (χ1v) is 19.2. The van der Waals surface area contributed by atoms with Gasteiger partial charge in [0.25, 0.3) is 11.8 Å². The predicted octanol–water partition coefficient (Wildman–Crippen LogP) is 2.26. The summed E-state index contributed by atoms with van der Waals surface area (Å²) in [7, 11) is -3.91. The van der Waals surface area contributed by atoms with Gasteiger partial charge in [0.05, 0.1) is 17.3 Å². The highest BCUT2D eigenvalue weighted by molar-refractivity contribution is 7.91. The first-order chi connectivity index (χ1) is 24.8. The largest absolute Gasteiger partial charge is 0.471 e. The maximum atomic E-state index is 14.7. The van der Waals surface area contributed by atoms with Crippen molar-refractivity contribution >= 4 is 44.7 Å². The maximum Gasteiger partial charge on any atom is 0.272 e. The lowest BCUT2D eigenvalue weighted by Gasteiger charge is -2.29. The Bertz CT molecular complexity index is 2070. The lowest BCUT2D eigenvalue weighted by molar-refractivity contribution is -0.141. The number of sulfonamides is 1. The van der Waals surface area contributed by atoms with E-state index in [4.69, 9.17) is 4.74 Å². The third kappa shape index (κ3) is 7.22. The van der Waals surface area contributed by atoms with Crippen LogP contribution in [0.1, 0.15) is 79.7 Å². The summed E-state index contributed by atoms with van der Waals surface area (Å²) in [6.07, 6.45) is 7.08. The Labute approximate surface area is 299 Å². The van der Waals surface area contributed by atoms with E-state index < -0.39 is 74.4 Å². The number of hydrogen-bond acceptors (Lipinski definition) is 10. The Morgan fingerprint density at radius 3 is 2.65 bits per heavy atom. The van der Waals surface area contributed by atoms with Crippen molar-refractivity contribution in [3.05, 3.63) is 59.3 Å². The molecule has 2 saturated carbocycles. The molecule has 2 aliphatic carbocycles. The molecule has 0 bridgehead atoms. The molecule has 2 aliphatic heterocycles. The zero-order valence-electron chi connectivity index (χ0n) is 28.9. The number of aromatic nitrogens is 4. The van der Waals surface area contributed by atoms with Crippen molar-refractivity contribution in [2.75, 3.05) is 6.54 Å². The molecule has 3 fully saturated rings. The quantitative estimate of drug-likeness (QED) is 0.261. The molecule has 7 rings (SSSR count). The van der Waals surface area contributed by atoms with Gasteiger partial charge in [0.1, 0.15) is 40.6 Å². The van der Waals surface area contributed by atoms with Crippen LogP contribution in [0.4, 0.5) is 4.39 Å². The molecule has 15 nitrogen and oxygen atoms in total. The van der Waals surface area contributed by atoms with E-state index in [0.717, 1.165) is 12.8 Å². The van der Waals surface area contributed by atoms with Gasteiger partial charge in [0.2, 0.25) is 27.7 Å². The topological polar surface area (TPSA) is 205 Å². The van der Waals surface area contributed by atoms with E-state index in [-0.39, 0.29) is 42.9 Å². The number of hydrogen-bond donors (Lipinski definition) is 4. The van der Waals surface area contributed by atoms with E-state index in [1.165, 1.54) is 17.0 Å². The fraction of sp³-hybridized carbons (Fsp3) is 0.514. The lowest BCUT2D eigenvalue weighted by atomic mass is 10.0. The molecule has 276 valence electrons. The van der Waals surface area contributed by atoms with E-state index in [0.29, 0.717) is 42.6 Å². The molecule has 5 atom stereocenters. The van der Waals surface area contributed by atoms with Gasteiger partial charge in [-0.05, 0) is 70.6 Å². The van der Waals surface area contributed by atoms with Crippen molar-refractivity contribution in [1.29, 1.82) is 0 Å². The molecular weight excluding hydrogens is 695 g/mol. The molecular formula is C35H41FN8O7S. The van der Waals surface area contributed by atoms with Crippen molar-refractivity contribution in [3.8, 4) is 5.88 Å². The number of allylic oxidation sites excluding steroid dienone is 1. The monoisotopic (exact) mass is 736 g/mol. The summed E-state index contributed by atoms with van der Waals surface area (Å²) < 4.78 is 48.6. The van der Waals surface area contributed by atoms with Gasteiger partial charge in [-0.1, -0.05) is 31.1 Å². The second kappa shape index (κ2) is 13.9. The molecule has 1 saturated heterocycles. The minimum absolute atomic E-state index is 0.00285. The molecule has 1 aromatic carbocycles. The van der Waals surface area contributed by atoms with Crippen LogP contribution in [0.25, 0.3) is 11.0 Å². The number of ether oxygens (including phenoxy) is 1. The number of rotatable bonds is 7. The Kier molecular flexibility index (Phi) is 9.48. The van der Waals surface area contributed by atoms with Crippen molar-refractivity contribution in [2.24, 2.45) is 5.92 Å². The van der Waals surface area contributed by atoms with Gasteiger partial charge in [-0.3, -0.25) is 29.0 Å². The summed E-state index contributed by atoms with van der Waals surface area (Å²) in [6, 6.07) is 3.77. The van der Waals surface area contributed by atoms with E-state index in [2.05, 4.69) is 35.5 Å². The van der Waals surface area contributed by atoms with Crippen molar-refractivity contribution < 1.29 is 36.7 Å². The molecule has 17 heteroatoms. The van der Waals surface area contributed by atoms with Crippen LogP contribution in [0, 0.1) is 25.6 Å². The van der Waals surface area contributed by atoms with Crippen LogP contribution < -0.4 is 20.1 Å². The van der Waals surface area contributed by atoms with E-state index in [1.807, 2.05) is 12.2 Å². The molecule has 4 heterocycles. The van der Waals surface area contributed by atoms with Gasteiger partial charge >= 0.3 is 0 Å². The summed E-state index contributed by atoms with van der Waals surface area (Å²) in [5, 5.41) is 11.7. The number of aryl methyl sites for hydroxylation is 2. The molecule has 0 spiro atoms. The summed E-state index contributed by atoms with van der Waals surface area (Å²) in [6.45, 7) is 3.30. The molecule has 4 amide bonds. The van der Waals surface area contributed by atoms with Crippen LogP contribution in [-0.2, 0) is 24.4 Å². The Balaban J connectivity index is 1.20. The van der Waals surface area contributed by atoms with Gasteiger partial charge in [-0.15, -0.1) is 0 Å². The number of nitrogens with zero attached hydrogens (tertiary/aromatic N) is 4. The highest BCUT2D eigenvalue weighted by Gasteiger charge is 2.62.